The van der Waals surface area contributed by atoms with Gasteiger partial charge in [0, 0.05) is 0 Å². The number of rotatable bonds is 6. The van der Waals surface area contributed by atoms with Crippen molar-refractivity contribution < 1.29 is 16.9 Å². The molecular weight excluding hydrogens is 450 g/mol. The summed E-state index contributed by atoms with van der Waals surface area (Å²) >= 11 is -1.63. The molecular formula is C25H25Cl2PTi. The van der Waals surface area contributed by atoms with Gasteiger partial charge in [-0.1, -0.05) is 0 Å². The van der Waals surface area contributed by atoms with Crippen molar-refractivity contribution in [1.82, 2.24) is 0 Å². The molecule has 0 radical (unpaired) electrons. The molecule has 4 heteroatoms. The van der Waals surface area contributed by atoms with Crippen molar-refractivity contribution in [2.24, 2.45) is 0 Å². The van der Waals surface area contributed by atoms with Crippen LogP contribution in [0.1, 0.15) is 23.1 Å². The summed E-state index contributed by atoms with van der Waals surface area (Å²) in [5, 5.41) is 0. The van der Waals surface area contributed by atoms with E-state index < -0.39 is 16.9 Å². The molecule has 1 aliphatic rings. The van der Waals surface area contributed by atoms with Gasteiger partial charge in [-0.15, -0.1) is 24.8 Å². The maximum atomic E-state index is 2.40. The molecule has 0 saturated carbocycles. The Balaban J connectivity index is 0.00000150. The Hall–Kier alpha value is -1.27. The van der Waals surface area contributed by atoms with Crippen LogP contribution in [0, 0.1) is 0 Å². The molecule has 148 valence electrons. The Kier molecular flexibility index (Phi) is 10.3. The van der Waals surface area contributed by atoms with E-state index in [0.717, 1.165) is 13.0 Å². The zero-order chi connectivity index (χ0) is 18.3. The van der Waals surface area contributed by atoms with Crippen molar-refractivity contribution in [2.45, 2.75) is 12.6 Å². The Labute approximate surface area is 193 Å². The van der Waals surface area contributed by atoms with Gasteiger partial charge in [0.15, 0.2) is 0 Å². The van der Waals surface area contributed by atoms with Crippen LogP contribution < -0.4 is 0 Å². The van der Waals surface area contributed by atoms with Gasteiger partial charge in [0.05, 0.1) is 0 Å². The van der Waals surface area contributed by atoms with Crippen LogP contribution in [0.2, 0.25) is 0 Å². The van der Waals surface area contributed by atoms with E-state index in [-0.39, 0.29) is 24.8 Å². The number of benzene rings is 3. The third kappa shape index (κ3) is 6.35. The average Bonchev–Trinajstić information content (AvgIpc) is 3.28. The van der Waals surface area contributed by atoms with Crippen molar-refractivity contribution >= 4 is 35.2 Å². The molecule has 29 heavy (non-hydrogen) atoms. The van der Waals surface area contributed by atoms with E-state index in [4.69, 9.17) is 0 Å². The number of allylic oxidation sites excluding steroid dienone is 4. The SMILES string of the molecule is C1=CC[C]([Ti]([PH]Cc2ccccc2)=[C](c2ccccc2)c2ccccc2)=C1.Cl.Cl. The van der Waals surface area contributed by atoms with E-state index in [0.29, 0.717) is 0 Å². The monoisotopic (exact) mass is 474 g/mol. The molecule has 0 amide bonds. The smallest absolute Gasteiger partial charge is 0.147 e. The molecule has 0 spiro atoms. The Morgan fingerprint density at radius 1 is 0.724 bits per heavy atom. The van der Waals surface area contributed by atoms with E-state index in [1.165, 1.54) is 22.9 Å². The summed E-state index contributed by atoms with van der Waals surface area (Å²) in [5.41, 5.74) is 4.28. The van der Waals surface area contributed by atoms with E-state index in [2.05, 4.69) is 109 Å². The zero-order valence-electron chi connectivity index (χ0n) is 16.1. The van der Waals surface area contributed by atoms with Crippen LogP contribution in [0.3, 0.4) is 0 Å². The number of halogens is 2. The van der Waals surface area contributed by atoms with Crippen LogP contribution in [0.15, 0.2) is 113 Å². The molecule has 0 aliphatic heterocycles. The fraction of sp³-hybridized carbons (Fsp3) is 0.0800. The molecule has 0 fully saturated rings. The maximum Gasteiger partial charge on any atom is -0.147 e. The van der Waals surface area contributed by atoms with Gasteiger partial charge in [-0.2, -0.15) is 0 Å². The second-order valence-corrected chi connectivity index (χ2v) is 14.0. The van der Waals surface area contributed by atoms with Gasteiger partial charge in [0.2, 0.25) is 0 Å². The molecule has 0 aromatic heterocycles. The summed E-state index contributed by atoms with van der Waals surface area (Å²) in [7, 11) is 0. The largest absolute Gasteiger partial charge is 0.147 e. The summed E-state index contributed by atoms with van der Waals surface area (Å²) in [4.78, 5) is 0. The van der Waals surface area contributed by atoms with Crippen LogP contribution in [-0.4, -0.2) is 3.81 Å². The molecule has 1 atom stereocenters. The van der Waals surface area contributed by atoms with Crippen LogP contribution in [0.25, 0.3) is 0 Å². The minimum atomic E-state index is -1.63. The summed E-state index contributed by atoms with van der Waals surface area (Å²) in [6.07, 6.45) is 9.31. The Bertz CT molecular complexity index is 940. The van der Waals surface area contributed by atoms with Crippen molar-refractivity contribution in [3.05, 3.63) is 130 Å². The molecule has 0 nitrogen and oxygen atoms in total. The van der Waals surface area contributed by atoms with Gasteiger partial charge < -0.3 is 0 Å². The van der Waals surface area contributed by atoms with Crippen molar-refractivity contribution in [1.29, 1.82) is 0 Å². The molecule has 1 unspecified atom stereocenters. The van der Waals surface area contributed by atoms with E-state index in [1.54, 1.807) is 7.69 Å². The molecule has 3 aromatic rings. The fourth-order valence-corrected chi connectivity index (χ4v) is 12.9. The first-order valence-electron chi connectivity index (χ1n) is 9.41. The van der Waals surface area contributed by atoms with Gasteiger partial charge in [-0.3, -0.25) is 0 Å². The van der Waals surface area contributed by atoms with Crippen LogP contribution in [0.5, 0.6) is 0 Å². The molecule has 3 aromatic carbocycles. The Morgan fingerprint density at radius 3 is 1.72 bits per heavy atom. The maximum absolute atomic E-state index is 2.40. The Morgan fingerprint density at radius 2 is 1.24 bits per heavy atom. The zero-order valence-corrected chi connectivity index (χ0v) is 20.3. The van der Waals surface area contributed by atoms with E-state index >= 15 is 0 Å². The summed E-state index contributed by atoms with van der Waals surface area (Å²) in [6, 6.07) is 33.1. The van der Waals surface area contributed by atoms with Crippen LogP contribution >= 0.6 is 31.4 Å². The fourth-order valence-electron chi connectivity index (χ4n) is 3.45. The quantitative estimate of drug-likeness (QED) is 0.258. The normalized spacial score (nSPS) is 12.2. The summed E-state index contributed by atoms with van der Waals surface area (Å²) in [6.45, 7) is 0.987. The second kappa shape index (κ2) is 12.4. The predicted molar refractivity (Wildman–Crippen MR) is 131 cm³/mol. The molecule has 0 saturated heterocycles. The summed E-state index contributed by atoms with van der Waals surface area (Å²) in [5.74, 6) is 0. The number of hydrogen-bond donors (Lipinski definition) is 0. The van der Waals surface area contributed by atoms with Gasteiger partial charge in [-0.25, -0.2) is 0 Å². The van der Waals surface area contributed by atoms with Crippen LogP contribution in [-0.2, 0) is 23.1 Å². The predicted octanol–water partition coefficient (Wildman–Crippen LogP) is 7.35. The molecule has 0 N–H and O–H groups in total. The van der Waals surface area contributed by atoms with Gasteiger partial charge in [-0.05, 0) is 0 Å². The minimum absolute atomic E-state index is 0. The van der Waals surface area contributed by atoms with Crippen LogP contribution in [0.4, 0.5) is 0 Å². The average molecular weight is 475 g/mol. The number of hydrogen-bond acceptors (Lipinski definition) is 0. The van der Waals surface area contributed by atoms with Crippen molar-refractivity contribution in [3.8, 4) is 0 Å². The molecule has 0 bridgehead atoms. The van der Waals surface area contributed by atoms with Crippen molar-refractivity contribution in [3.63, 3.8) is 0 Å². The van der Waals surface area contributed by atoms with Crippen molar-refractivity contribution in [2.75, 3.05) is 0 Å². The summed E-state index contributed by atoms with van der Waals surface area (Å²) < 4.78 is 3.33. The molecule has 0 heterocycles. The minimum Gasteiger partial charge on any atom is -0.147 e. The second-order valence-electron chi connectivity index (χ2n) is 6.65. The van der Waals surface area contributed by atoms with Gasteiger partial charge in [0.1, 0.15) is 0 Å². The first kappa shape index (κ1) is 24.0. The molecule has 1 aliphatic carbocycles. The van der Waals surface area contributed by atoms with E-state index in [9.17, 15) is 0 Å². The van der Waals surface area contributed by atoms with Gasteiger partial charge in [0.25, 0.3) is 0 Å². The van der Waals surface area contributed by atoms with E-state index in [1.807, 2.05) is 0 Å². The molecule has 4 rings (SSSR count). The topological polar surface area (TPSA) is 0 Å². The third-order valence-corrected chi connectivity index (χ3v) is 13.8. The first-order chi connectivity index (χ1) is 13.4. The third-order valence-electron chi connectivity index (χ3n) is 4.78. The standard InChI is InChI=1S/C13H10.C7H8P.C5H5.2ClH.Ti/c1-3-7-12(8-4-1)11-13-9-5-2-6-10-13;8-6-7-4-2-1-3-5-7;1-2-4-5-3-1;;;/h1-10H;1-5,8H,6H2;1-3H,4H2;2*1H;/q;-1;;;;+1. The van der Waals surface area contributed by atoms with Gasteiger partial charge >= 0.3 is 170 Å². The first-order valence-corrected chi connectivity index (χ1v) is 14.5.